The Bertz CT molecular complexity index is 1200. The van der Waals surface area contributed by atoms with Crippen LogP contribution in [0.15, 0.2) is 48.6 Å². The Hall–Kier alpha value is -2.71. The molecule has 0 N–H and O–H groups in total. The second-order valence-corrected chi connectivity index (χ2v) is 19.4. The zero-order valence-electron chi connectivity index (χ0n) is 43.2. The molecule has 0 fully saturated rings. The number of quaternary nitrogens is 1. The molecule has 0 aromatic carbocycles. The Kier molecular flexibility index (Phi) is 45.8. The van der Waals surface area contributed by atoms with Gasteiger partial charge in [-0.15, -0.1) is 0 Å². The quantitative estimate of drug-likeness (QED) is 0.0259. The smallest absolute Gasteiger partial charge is 0.306 e. The van der Waals surface area contributed by atoms with Gasteiger partial charge in [-0.1, -0.05) is 223 Å². The first-order chi connectivity index (χ1) is 31.6. The van der Waals surface area contributed by atoms with E-state index in [1.165, 1.54) is 135 Å². The molecular formula is C57H103NO7. The lowest BCUT2D eigenvalue weighted by Crippen LogP contribution is -2.55. The Balaban J connectivity index is 4.20. The van der Waals surface area contributed by atoms with Crippen molar-refractivity contribution in [2.24, 2.45) is 0 Å². The summed E-state index contributed by atoms with van der Waals surface area (Å²) >= 11 is 0. The van der Waals surface area contributed by atoms with Gasteiger partial charge in [-0.2, -0.15) is 0 Å². The monoisotopic (exact) mass is 914 g/mol. The van der Waals surface area contributed by atoms with Crippen LogP contribution in [0.3, 0.4) is 0 Å². The predicted octanol–water partition coefficient (Wildman–Crippen LogP) is 14.6. The molecule has 0 spiro atoms. The summed E-state index contributed by atoms with van der Waals surface area (Å²) in [5.74, 6) is -1.74. The third-order valence-electron chi connectivity index (χ3n) is 12.2. The van der Waals surface area contributed by atoms with E-state index >= 15 is 0 Å². The van der Waals surface area contributed by atoms with Crippen LogP contribution in [0.5, 0.6) is 0 Å². The first kappa shape index (κ1) is 62.3. The number of carboxylic acid groups (broad SMARTS) is 1. The minimum absolute atomic E-state index is 0.0363. The fourth-order valence-corrected chi connectivity index (χ4v) is 8.06. The zero-order chi connectivity index (χ0) is 47.7. The Morgan fingerprint density at radius 3 is 1.28 bits per heavy atom. The SMILES string of the molecule is CC/C=C\C/C=C\C/C=C\C/C=C\CCCCCCCCC(=O)OC(COCCC(C(=O)[O-])[N+](C)(C)C)COC(=O)CCCCCCCCCCCCCCCCCCCCCCCC. The Morgan fingerprint density at radius 1 is 0.477 bits per heavy atom. The summed E-state index contributed by atoms with van der Waals surface area (Å²) in [5.41, 5.74) is 0. The van der Waals surface area contributed by atoms with Crippen molar-refractivity contribution in [1.82, 2.24) is 0 Å². The van der Waals surface area contributed by atoms with Crippen molar-refractivity contribution in [3.63, 3.8) is 0 Å². The van der Waals surface area contributed by atoms with Crippen molar-refractivity contribution in [3.8, 4) is 0 Å². The molecule has 0 aliphatic carbocycles. The topological polar surface area (TPSA) is 102 Å². The molecule has 8 nitrogen and oxygen atoms in total. The average Bonchev–Trinajstić information content (AvgIpc) is 3.27. The largest absolute Gasteiger partial charge is 0.544 e. The molecule has 2 atom stereocenters. The van der Waals surface area contributed by atoms with Gasteiger partial charge >= 0.3 is 11.9 Å². The summed E-state index contributed by atoms with van der Waals surface area (Å²) < 4.78 is 17.3. The van der Waals surface area contributed by atoms with Gasteiger partial charge < -0.3 is 28.6 Å². The van der Waals surface area contributed by atoms with Gasteiger partial charge in [-0.05, 0) is 51.4 Å². The van der Waals surface area contributed by atoms with E-state index in [0.29, 0.717) is 12.8 Å². The molecule has 0 rings (SSSR count). The second-order valence-electron chi connectivity index (χ2n) is 19.4. The van der Waals surface area contributed by atoms with Gasteiger partial charge in [0.05, 0.1) is 40.3 Å². The van der Waals surface area contributed by atoms with Crippen LogP contribution in [-0.4, -0.2) is 75.5 Å². The van der Waals surface area contributed by atoms with Crippen LogP contribution in [0.25, 0.3) is 0 Å². The number of rotatable bonds is 49. The van der Waals surface area contributed by atoms with Gasteiger partial charge in [0.15, 0.2) is 6.10 Å². The molecule has 378 valence electrons. The minimum atomic E-state index is -1.13. The van der Waals surface area contributed by atoms with E-state index in [1.54, 1.807) is 21.1 Å². The number of allylic oxidation sites excluding steroid dienone is 8. The maximum Gasteiger partial charge on any atom is 0.306 e. The van der Waals surface area contributed by atoms with Crippen molar-refractivity contribution < 1.29 is 38.2 Å². The lowest BCUT2D eigenvalue weighted by molar-refractivity contribution is -0.889. The second kappa shape index (κ2) is 47.8. The molecule has 0 aliphatic heterocycles. The summed E-state index contributed by atoms with van der Waals surface area (Å²) in [6.07, 6.45) is 58.6. The molecule has 2 unspecified atom stereocenters. The highest BCUT2D eigenvalue weighted by molar-refractivity contribution is 5.70. The number of likely N-dealkylation sites (N-methyl/N-ethyl adjacent to an activating group) is 1. The number of carboxylic acids is 1. The molecule has 0 amide bonds. The predicted molar refractivity (Wildman–Crippen MR) is 273 cm³/mol. The number of ether oxygens (including phenoxy) is 3. The Labute approximate surface area is 401 Å². The number of carbonyl (C=O) groups is 3. The highest BCUT2D eigenvalue weighted by Gasteiger charge is 2.25. The summed E-state index contributed by atoms with van der Waals surface area (Å²) in [7, 11) is 5.42. The first-order valence-corrected chi connectivity index (χ1v) is 27.2. The number of carbonyl (C=O) groups excluding carboxylic acids is 3. The van der Waals surface area contributed by atoms with E-state index in [-0.39, 0.29) is 42.7 Å². The number of hydrogen-bond donors (Lipinski definition) is 0. The fourth-order valence-electron chi connectivity index (χ4n) is 8.06. The van der Waals surface area contributed by atoms with Gasteiger partial charge in [0.25, 0.3) is 0 Å². The molecule has 0 saturated carbocycles. The molecule has 8 heteroatoms. The van der Waals surface area contributed by atoms with E-state index in [0.717, 1.165) is 77.0 Å². The van der Waals surface area contributed by atoms with Crippen LogP contribution >= 0.6 is 0 Å². The van der Waals surface area contributed by atoms with E-state index in [1.807, 2.05) is 0 Å². The molecule has 0 aliphatic rings. The summed E-state index contributed by atoms with van der Waals surface area (Å²) in [5, 5.41) is 11.7. The molecule has 0 aromatic heterocycles. The molecular weight excluding hydrogens is 811 g/mol. The normalized spacial score (nSPS) is 13.2. The van der Waals surface area contributed by atoms with Gasteiger partial charge in [-0.25, -0.2) is 0 Å². The van der Waals surface area contributed by atoms with Crippen molar-refractivity contribution >= 4 is 17.9 Å². The van der Waals surface area contributed by atoms with Crippen molar-refractivity contribution in [1.29, 1.82) is 0 Å². The molecule has 0 heterocycles. The molecule has 0 aromatic rings. The summed E-state index contributed by atoms with van der Waals surface area (Å²) in [6.45, 7) is 4.57. The van der Waals surface area contributed by atoms with Crippen LogP contribution < -0.4 is 5.11 Å². The molecule has 65 heavy (non-hydrogen) atoms. The average molecular weight is 914 g/mol. The lowest BCUT2D eigenvalue weighted by atomic mass is 10.0. The third kappa shape index (κ3) is 46.2. The maximum absolute atomic E-state index is 12.8. The summed E-state index contributed by atoms with van der Waals surface area (Å²) in [6, 6.07) is -0.729. The van der Waals surface area contributed by atoms with Crippen LogP contribution in [0.2, 0.25) is 0 Å². The van der Waals surface area contributed by atoms with Gasteiger partial charge in [0, 0.05) is 19.3 Å². The fraction of sp³-hybridized carbons (Fsp3) is 0.807. The van der Waals surface area contributed by atoms with Crippen molar-refractivity contribution in [2.45, 2.75) is 257 Å². The van der Waals surface area contributed by atoms with Crippen LogP contribution in [0, 0.1) is 0 Å². The minimum Gasteiger partial charge on any atom is -0.544 e. The number of unbranched alkanes of at least 4 members (excludes halogenated alkanes) is 27. The van der Waals surface area contributed by atoms with Crippen molar-refractivity contribution in [3.05, 3.63) is 48.6 Å². The maximum atomic E-state index is 12.8. The van der Waals surface area contributed by atoms with Crippen molar-refractivity contribution in [2.75, 3.05) is 41.0 Å². The zero-order valence-corrected chi connectivity index (χ0v) is 43.2. The number of nitrogens with zero attached hydrogens (tertiary/aromatic N) is 1. The molecule has 0 bridgehead atoms. The van der Waals surface area contributed by atoms with E-state index in [4.69, 9.17) is 14.2 Å². The van der Waals surface area contributed by atoms with Crippen LogP contribution in [0.4, 0.5) is 0 Å². The first-order valence-electron chi connectivity index (χ1n) is 27.2. The highest BCUT2D eigenvalue weighted by atomic mass is 16.6. The van der Waals surface area contributed by atoms with Gasteiger partial charge in [0.2, 0.25) is 0 Å². The van der Waals surface area contributed by atoms with E-state index in [2.05, 4.69) is 62.5 Å². The summed E-state index contributed by atoms with van der Waals surface area (Å²) in [4.78, 5) is 37.1. The van der Waals surface area contributed by atoms with Crippen LogP contribution in [0.1, 0.15) is 245 Å². The highest BCUT2D eigenvalue weighted by Crippen LogP contribution is 2.17. The standard InChI is InChI=1S/C57H103NO7/c1-6-8-10-12-14-16-18-20-22-24-26-27-28-30-31-33-35-37-39-41-43-45-47-55(59)64-52-53(51-63-50-49-54(57(61)62)58(3,4)5)65-56(60)48-46-44-42-40-38-36-34-32-29-25-23-21-19-17-15-13-11-9-7-2/h9,11,15,17,21,23,29,32,53-54H,6-8,10,12-14,16,18-20,22,24-28,30-31,33-52H2,1-5H3/b11-9-,17-15-,23-21-,32-29-. The molecule has 0 radical (unpaired) electrons. The van der Waals surface area contributed by atoms with Gasteiger partial charge in [0.1, 0.15) is 12.6 Å². The molecule has 0 saturated heterocycles. The number of esters is 2. The lowest BCUT2D eigenvalue weighted by Gasteiger charge is -2.34. The van der Waals surface area contributed by atoms with Crippen LogP contribution in [-0.2, 0) is 28.6 Å². The third-order valence-corrected chi connectivity index (χ3v) is 12.2. The number of aliphatic carboxylic acids is 1. The number of hydrogen-bond acceptors (Lipinski definition) is 7. The Morgan fingerprint density at radius 2 is 0.862 bits per heavy atom. The van der Waals surface area contributed by atoms with E-state index in [9.17, 15) is 19.5 Å². The van der Waals surface area contributed by atoms with Gasteiger partial charge in [-0.3, -0.25) is 9.59 Å². The van der Waals surface area contributed by atoms with E-state index < -0.39 is 18.1 Å².